The summed E-state index contributed by atoms with van der Waals surface area (Å²) >= 11 is 2.05. The molecular weight excluding hydrogens is 180 g/mol. The van der Waals surface area contributed by atoms with E-state index in [0.29, 0.717) is 10.8 Å². The summed E-state index contributed by atoms with van der Waals surface area (Å²) in [6.07, 6.45) is 6.72. The standard InChI is InChI=1S/C10H20N2S/c1-3-4-6-9(12-11)10(2)7-5-8-13-10/h3,9,12H,1,4-8,11H2,2H3. The van der Waals surface area contributed by atoms with Crippen LogP contribution in [0.1, 0.15) is 32.6 Å². The Bertz CT molecular complexity index is 164. The molecule has 0 spiro atoms. The van der Waals surface area contributed by atoms with E-state index >= 15 is 0 Å². The van der Waals surface area contributed by atoms with Crippen molar-refractivity contribution in [2.75, 3.05) is 5.75 Å². The average Bonchev–Trinajstić information content (AvgIpc) is 2.54. The lowest BCUT2D eigenvalue weighted by Crippen LogP contribution is -2.48. The van der Waals surface area contributed by atoms with Gasteiger partial charge in [-0.3, -0.25) is 11.3 Å². The fourth-order valence-corrected chi connectivity index (χ4v) is 3.36. The van der Waals surface area contributed by atoms with Crippen LogP contribution in [-0.2, 0) is 0 Å². The molecule has 0 bridgehead atoms. The van der Waals surface area contributed by atoms with E-state index in [4.69, 9.17) is 5.84 Å². The summed E-state index contributed by atoms with van der Waals surface area (Å²) in [6, 6.07) is 0.429. The molecule has 1 saturated heterocycles. The summed E-state index contributed by atoms with van der Waals surface area (Å²) in [5.74, 6) is 6.86. The third-order valence-corrected chi connectivity index (χ3v) is 4.49. The predicted octanol–water partition coefficient (Wildman–Crippen LogP) is 2.07. The Morgan fingerprint density at radius 3 is 3.00 bits per heavy atom. The summed E-state index contributed by atoms with van der Waals surface area (Å²) in [4.78, 5) is 0. The van der Waals surface area contributed by atoms with Gasteiger partial charge >= 0.3 is 0 Å². The van der Waals surface area contributed by atoms with Crippen molar-refractivity contribution in [2.45, 2.75) is 43.4 Å². The van der Waals surface area contributed by atoms with Crippen LogP contribution in [-0.4, -0.2) is 16.5 Å². The maximum Gasteiger partial charge on any atom is 0.0357 e. The average molecular weight is 200 g/mol. The Morgan fingerprint density at radius 1 is 1.77 bits per heavy atom. The van der Waals surface area contributed by atoms with Crippen molar-refractivity contribution in [1.29, 1.82) is 0 Å². The van der Waals surface area contributed by atoms with E-state index in [2.05, 4.69) is 30.7 Å². The monoisotopic (exact) mass is 200 g/mol. The molecule has 1 heterocycles. The Hall–Kier alpha value is 0.0100. The first-order chi connectivity index (χ1) is 6.23. The third-order valence-electron chi connectivity index (χ3n) is 2.85. The van der Waals surface area contributed by atoms with Crippen LogP contribution in [0.4, 0.5) is 0 Å². The van der Waals surface area contributed by atoms with Crippen molar-refractivity contribution in [3.63, 3.8) is 0 Å². The summed E-state index contributed by atoms with van der Waals surface area (Å²) in [7, 11) is 0. The highest BCUT2D eigenvalue weighted by Gasteiger charge is 2.36. The number of nitrogens with one attached hydrogen (secondary N) is 1. The highest BCUT2D eigenvalue weighted by atomic mass is 32.2. The summed E-state index contributed by atoms with van der Waals surface area (Å²) in [6.45, 7) is 6.06. The zero-order chi connectivity index (χ0) is 9.73. The second-order valence-corrected chi connectivity index (χ2v) is 5.48. The van der Waals surface area contributed by atoms with E-state index in [1.165, 1.54) is 18.6 Å². The fourth-order valence-electron chi connectivity index (χ4n) is 1.92. The minimum absolute atomic E-state index is 0.345. The van der Waals surface area contributed by atoms with Gasteiger partial charge in [-0.25, -0.2) is 0 Å². The molecule has 3 N–H and O–H groups in total. The van der Waals surface area contributed by atoms with Crippen LogP contribution in [0.3, 0.4) is 0 Å². The minimum atomic E-state index is 0.345. The van der Waals surface area contributed by atoms with Crippen LogP contribution in [0.2, 0.25) is 0 Å². The Labute approximate surface area is 85.3 Å². The second-order valence-electron chi connectivity index (χ2n) is 3.85. The zero-order valence-corrected chi connectivity index (χ0v) is 9.20. The molecule has 2 unspecified atom stereocenters. The third kappa shape index (κ3) is 2.73. The number of allylic oxidation sites excluding steroid dienone is 1. The second kappa shape index (κ2) is 5.03. The fraction of sp³-hybridized carbons (Fsp3) is 0.800. The van der Waals surface area contributed by atoms with Crippen LogP contribution in [0.15, 0.2) is 12.7 Å². The van der Waals surface area contributed by atoms with E-state index in [-0.39, 0.29) is 0 Å². The van der Waals surface area contributed by atoms with Gasteiger partial charge < -0.3 is 0 Å². The molecule has 3 heteroatoms. The molecule has 0 amide bonds. The van der Waals surface area contributed by atoms with Gasteiger partial charge in [0.15, 0.2) is 0 Å². The van der Waals surface area contributed by atoms with Crippen molar-refractivity contribution in [2.24, 2.45) is 5.84 Å². The Kier molecular flexibility index (Phi) is 4.29. The first-order valence-corrected chi connectivity index (χ1v) is 5.92. The lowest BCUT2D eigenvalue weighted by molar-refractivity contribution is 0.389. The normalized spacial score (nSPS) is 30.3. The summed E-state index contributed by atoms with van der Waals surface area (Å²) in [5.41, 5.74) is 2.95. The number of thioether (sulfide) groups is 1. The van der Waals surface area contributed by atoms with Gasteiger partial charge in [-0.1, -0.05) is 6.08 Å². The van der Waals surface area contributed by atoms with Crippen LogP contribution in [0.5, 0.6) is 0 Å². The molecule has 2 atom stereocenters. The van der Waals surface area contributed by atoms with E-state index in [1.54, 1.807) is 0 Å². The number of rotatable bonds is 5. The molecular formula is C10H20N2S. The van der Waals surface area contributed by atoms with Crippen LogP contribution < -0.4 is 11.3 Å². The van der Waals surface area contributed by atoms with Crippen LogP contribution in [0, 0.1) is 0 Å². The van der Waals surface area contributed by atoms with E-state index in [0.717, 1.165) is 12.8 Å². The maximum atomic E-state index is 5.58. The number of hydrogen-bond donors (Lipinski definition) is 2. The Balaban J connectivity index is 2.47. The lowest BCUT2D eigenvalue weighted by Gasteiger charge is -2.32. The summed E-state index contributed by atoms with van der Waals surface area (Å²) < 4.78 is 0.345. The highest BCUT2D eigenvalue weighted by molar-refractivity contribution is 8.00. The molecule has 1 fully saturated rings. The zero-order valence-electron chi connectivity index (χ0n) is 8.38. The van der Waals surface area contributed by atoms with Gasteiger partial charge in [0.25, 0.3) is 0 Å². The first-order valence-electron chi connectivity index (χ1n) is 4.94. The molecule has 76 valence electrons. The number of hydrazine groups is 1. The van der Waals surface area contributed by atoms with Crippen molar-refractivity contribution >= 4 is 11.8 Å². The minimum Gasteiger partial charge on any atom is -0.271 e. The van der Waals surface area contributed by atoms with Gasteiger partial charge in [-0.2, -0.15) is 11.8 Å². The SMILES string of the molecule is C=CCCC(NN)C1(C)CCCS1. The molecule has 0 aromatic rings. The van der Waals surface area contributed by atoms with Crippen LogP contribution in [0.25, 0.3) is 0 Å². The van der Waals surface area contributed by atoms with Crippen molar-refractivity contribution < 1.29 is 0 Å². The van der Waals surface area contributed by atoms with Gasteiger partial charge in [-0.15, -0.1) is 6.58 Å². The summed E-state index contributed by atoms with van der Waals surface area (Å²) in [5, 5.41) is 0. The van der Waals surface area contributed by atoms with Crippen molar-refractivity contribution in [3.05, 3.63) is 12.7 Å². The van der Waals surface area contributed by atoms with Gasteiger partial charge in [-0.05, 0) is 38.4 Å². The number of hydrogen-bond acceptors (Lipinski definition) is 3. The van der Waals surface area contributed by atoms with E-state index in [1.807, 2.05) is 6.08 Å². The molecule has 1 aliphatic rings. The van der Waals surface area contributed by atoms with Gasteiger partial charge in [0.1, 0.15) is 0 Å². The molecule has 0 aromatic carbocycles. The van der Waals surface area contributed by atoms with E-state index in [9.17, 15) is 0 Å². The smallest absolute Gasteiger partial charge is 0.0357 e. The van der Waals surface area contributed by atoms with Gasteiger partial charge in [0.2, 0.25) is 0 Å². The molecule has 1 rings (SSSR count). The molecule has 2 nitrogen and oxygen atoms in total. The van der Waals surface area contributed by atoms with E-state index < -0.39 is 0 Å². The first kappa shape index (κ1) is 11.1. The molecule has 0 saturated carbocycles. The van der Waals surface area contributed by atoms with Gasteiger partial charge in [0, 0.05) is 10.8 Å². The lowest BCUT2D eigenvalue weighted by atomic mass is 9.93. The topological polar surface area (TPSA) is 38.0 Å². The Morgan fingerprint density at radius 2 is 2.54 bits per heavy atom. The quantitative estimate of drug-likeness (QED) is 0.405. The maximum absolute atomic E-state index is 5.58. The molecule has 0 aromatic heterocycles. The molecule has 1 aliphatic heterocycles. The molecule has 0 aliphatic carbocycles. The molecule has 13 heavy (non-hydrogen) atoms. The predicted molar refractivity (Wildman–Crippen MR) is 60.6 cm³/mol. The molecule has 0 radical (unpaired) electrons. The van der Waals surface area contributed by atoms with Crippen molar-refractivity contribution in [3.8, 4) is 0 Å². The highest BCUT2D eigenvalue weighted by Crippen LogP contribution is 2.41. The van der Waals surface area contributed by atoms with Crippen molar-refractivity contribution in [1.82, 2.24) is 5.43 Å². The number of nitrogens with two attached hydrogens (primary N) is 1. The van der Waals surface area contributed by atoms with Gasteiger partial charge in [0.05, 0.1) is 0 Å². The largest absolute Gasteiger partial charge is 0.271 e. The van der Waals surface area contributed by atoms with Crippen LogP contribution >= 0.6 is 11.8 Å².